The van der Waals surface area contributed by atoms with Gasteiger partial charge in [-0.1, -0.05) is 17.7 Å². The molecule has 0 aromatic heterocycles. The minimum absolute atomic E-state index is 0.180. The Morgan fingerprint density at radius 3 is 2.27 bits per heavy atom. The summed E-state index contributed by atoms with van der Waals surface area (Å²) in [5, 5.41) is 3.03. The molecule has 0 bridgehead atoms. The van der Waals surface area contributed by atoms with Crippen molar-refractivity contribution in [3.05, 3.63) is 34.4 Å². The minimum Gasteiger partial charge on any atom is -0.349 e. The Hall–Kier alpha value is -1.31. The van der Waals surface area contributed by atoms with Crippen molar-refractivity contribution in [3.8, 4) is 0 Å². The number of aryl methyl sites for hydroxylation is 3. The number of nitrogens with one attached hydrogen (secondary N) is 1. The van der Waals surface area contributed by atoms with Crippen LogP contribution in [-0.4, -0.2) is 5.91 Å². The van der Waals surface area contributed by atoms with E-state index in [0.717, 1.165) is 6.42 Å². The molecule has 0 radical (unpaired) electrons. The van der Waals surface area contributed by atoms with Gasteiger partial charge in [0, 0.05) is 6.42 Å². The Bertz CT molecular complexity index is 386. The van der Waals surface area contributed by atoms with Gasteiger partial charge in [-0.15, -0.1) is 0 Å². The van der Waals surface area contributed by atoms with Crippen molar-refractivity contribution in [2.75, 3.05) is 0 Å². The van der Waals surface area contributed by atoms with Crippen LogP contribution in [0, 0.1) is 20.8 Å². The van der Waals surface area contributed by atoms with Gasteiger partial charge in [-0.3, -0.25) is 4.79 Å². The number of amides is 1. The van der Waals surface area contributed by atoms with E-state index in [-0.39, 0.29) is 11.9 Å². The van der Waals surface area contributed by atoms with Crippen LogP contribution in [-0.2, 0) is 4.79 Å². The molecule has 1 fully saturated rings. The van der Waals surface area contributed by atoms with Crippen LogP contribution in [0.25, 0.3) is 0 Å². The summed E-state index contributed by atoms with van der Waals surface area (Å²) in [6.07, 6.45) is 1.60. The second-order valence-electron chi connectivity index (χ2n) is 4.47. The number of hydrogen-bond donors (Lipinski definition) is 1. The van der Waals surface area contributed by atoms with E-state index in [0.29, 0.717) is 6.42 Å². The number of benzene rings is 1. The molecule has 2 heteroatoms. The molecule has 1 aromatic carbocycles. The molecule has 1 unspecified atom stereocenters. The zero-order valence-electron chi connectivity index (χ0n) is 9.55. The maximum absolute atomic E-state index is 11.2. The summed E-state index contributed by atoms with van der Waals surface area (Å²) in [4.78, 5) is 11.2. The molecular weight excluding hydrogens is 186 g/mol. The van der Waals surface area contributed by atoms with E-state index < -0.39 is 0 Å². The fraction of sp³-hybridized carbons (Fsp3) is 0.462. The lowest BCUT2D eigenvalue weighted by Crippen LogP contribution is -2.19. The lowest BCUT2D eigenvalue weighted by molar-refractivity contribution is -0.119. The number of carbonyl (C=O) groups is 1. The molecule has 1 saturated heterocycles. The zero-order chi connectivity index (χ0) is 11.0. The number of hydrogen-bond acceptors (Lipinski definition) is 1. The third-order valence-electron chi connectivity index (χ3n) is 3.08. The summed E-state index contributed by atoms with van der Waals surface area (Å²) < 4.78 is 0. The van der Waals surface area contributed by atoms with Crippen LogP contribution in [0.1, 0.15) is 41.1 Å². The SMILES string of the molecule is Cc1cc(C)c(C2CCC(=O)N2)c(C)c1. The van der Waals surface area contributed by atoms with E-state index in [1.54, 1.807) is 0 Å². The van der Waals surface area contributed by atoms with Gasteiger partial charge >= 0.3 is 0 Å². The summed E-state index contributed by atoms with van der Waals surface area (Å²) in [5.74, 6) is 0.180. The molecule has 1 N–H and O–H groups in total. The van der Waals surface area contributed by atoms with Crippen LogP contribution >= 0.6 is 0 Å². The van der Waals surface area contributed by atoms with Crippen LogP contribution in [0.15, 0.2) is 12.1 Å². The number of carbonyl (C=O) groups excluding carboxylic acids is 1. The van der Waals surface area contributed by atoms with Crippen LogP contribution in [0.5, 0.6) is 0 Å². The van der Waals surface area contributed by atoms with E-state index in [4.69, 9.17) is 0 Å². The van der Waals surface area contributed by atoms with Crippen molar-refractivity contribution in [1.29, 1.82) is 0 Å². The highest BCUT2D eigenvalue weighted by molar-refractivity contribution is 5.79. The Labute approximate surface area is 90.7 Å². The largest absolute Gasteiger partial charge is 0.349 e. The van der Waals surface area contributed by atoms with Gasteiger partial charge in [0.15, 0.2) is 0 Å². The third-order valence-corrected chi connectivity index (χ3v) is 3.08. The summed E-state index contributed by atoms with van der Waals surface area (Å²) in [6, 6.07) is 4.61. The van der Waals surface area contributed by atoms with Gasteiger partial charge in [-0.25, -0.2) is 0 Å². The average Bonchev–Trinajstić information content (AvgIpc) is 2.49. The van der Waals surface area contributed by atoms with Crippen molar-refractivity contribution in [2.24, 2.45) is 0 Å². The third kappa shape index (κ3) is 1.89. The van der Waals surface area contributed by atoms with Gasteiger partial charge in [-0.05, 0) is 43.9 Å². The molecule has 0 spiro atoms. The highest BCUT2D eigenvalue weighted by Gasteiger charge is 2.24. The van der Waals surface area contributed by atoms with E-state index in [1.165, 1.54) is 22.3 Å². The number of rotatable bonds is 1. The lowest BCUT2D eigenvalue weighted by Gasteiger charge is -2.17. The predicted molar refractivity (Wildman–Crippen MR) is 60.8 cm³/mol. The van der Waals surface area contributed by atoms with Gasteiger partial charge in [0.2, 0.25) is 5.91 Å². The molecule has 1 aromatic rings. The first-order valence-electron chi connectivity index (χ1n) is 5.45. The average molecular weight is 203 g/mol. The molecular formula is C13H17NO. The first-order valence-corrected chi connectivity index (χ1v) is 5.45. The van der Waals surface area contributed by atoms with Crippen molar-refractivity contribution in [3.63, 3.8) is 0 Å². The van der Waals surface area contributed by atoms with Crippen LogP contribution < -0.4 is 5.32 Å². The fourth-order valence-corrected chi connectivity index (χ4v) is 2.57. The van der Waals surface area contributed by atoms with Gasteiger partial charge in [0.1, 0.15) is 0 Å². The Kier molecular flexibility index (Phi) is 2.51. The van der Waals surface area contributed by atoms with Crippen LogP contribution in [0.2, 0.25) is 0 Å². The van der Waals surface area contributed by atoms with E-state index in [1.807, 2.05) is 0 Å². The first-order chi connectivity index (χ1) is 7.08. The van der Waals surface area contributed by atoms with Gasteiger partial charge < -0.3 is 5.32 Å². The Morgan fingerprint density at radius 1 is 1.20 bits per heavy atom. The molecule has 1 atom stereocenters. The second-order valence-corrected chi connectivity index (χ2v) is 4.47. The molecule has 0 saturated carbocycles. The maximum Gasteiger partial charge on any atom is 0.220 e. The molecule has 1 heterocycles. The van der Waals surface area contributed by atoms with Crippen LogP contribution in [0.3, 0.4) is 0 Å². The molecule has 2 rings (SSSR count). The smallest absolute Gasteiger partial charge is 0.220 e. The molecule has 0 aliphatic carbocycles. The van der Waals surface area contributed by atoms with Gasteiger partial charge in [0.25, 0.3) is 0 Å². The molecule has 1 aliphatic rings. The van der Waals surface area contributed by atoms with Crippen molar-refractivity contribution < 1.29 is 4.79 Å². The summed E-state index contributed by atoms with van der Waals surface area (Å²) in [7, 11) is 0. The van der Waals surface area contributed by atoms with Gasteiger partial charge in [-0.2, -0.15) is 0 Å². The second kappa shape index (κ2) is 3.69. The summed E-state index contributed by atoms with van der Waals surface area (Å²) in [5.41, 5.74) is 5.18. The van der Waals surface area contributed by atoms with Gasteiger partial charge in [0.05, 0.1) is 6.04 Å². The summed E-state index contributed by atoms with van der Waals surface area (Å²) in [6.45, 7) is 6.36. The van der Waals surface area contributed by atoms with Crippen molar-refractivity contribution in [1.82, 2.24) is 5.32 Å². The topological polar surface area (TPSA) is 29.1 Å². The minimum atomic E-state index is 0.180. The lowest BCUT2D eigenvalue weighted by atomic mass is 9.93. The Balaban J connectivity index is 2.39. The van der Waals surface area contributed by atoms with Crippen molar-refractivity contribution in [2.45, 2.75) is 39.7 Å². The summed E-state index contributed by atoms with van der Waals surface area (Å²) >= 11 is 0. The van der Waals surface area contributed by atoms with Crippen molar-refractivity contribution >= 4 is 5.91 Å². The maximum atomic E-state index is 11.2. The molecule has 80 valence electrons. The van der Waals surface area contributed by atoms with E-state index >= 15 is 0 Å². The highest BCUT2D eigenvalue weighted by Crippen LogP contribution is 2.29. The fourth-order valence-electron chi connectivity index (χ4n) is 2.57. The normalized spacial score (nSPS) is 20.5. The first kappa shape index (κ1) is 10.2. The molecule has 1 aliphatic heterocycles. The zero-order valence-corrected chi connectivity index (χ0v) is 9.55. The standard InChI is InChI=1S/C13H17NO/c1-8-6-9(2)13(10(3)7-8)11-4-5-12(15)14-11/h6-7,11H,4-5H2,1-3H3,(H,14,15). The Morgan fingerprint density at radius 2 is 1.80 bits per heavy atom. The monoisotopic (exact) mass is 203 g/mol. The van der Waals surface area contributed by atoms with Crippen LogP contribution in [0.4, 0.5) is 0 Å². The molecule has 2 nitrogen and oxygen atoms in total. The van der Waals surface area contributed by atoms with E-state index in [2.05, 4.69) is 38.2 Å². The molecule has 15 heavy (non-hydrogen) atoms. The quantitative estimate of drug-likeness (QED) is 0.746. The predicted octanol–water partition coefficient (Wildman–Crippen LogP) is 2.56. The highest BCUT2D eigenvalue weighted by atomic mass is 16.1. The molecule has 1 amide bonds. The van der Waals surface area contributed by atoms with E-state index in [9.17, 15) is 4.79 Å².